The third-order valence-electron chi connectivity index (χ3n) is 4.75. The van der Waals surface area contributed by atoms with Crippen LogP contribution in [0.3, 0.4) is 0 Å². The van der Waals surface area contributed by atoms with Crippen LogP contribution in [0, 0.1) is 5.92 Å². The average molecular weight is 343 g/mol. The molecule has 1 unspecified atom stereocenters. The fourth-order valence-electron chi connectivity index (χ4n) is 3.41. The molecule has 1 aromatic heterocycles. The third kappa shape index (κ3) is 2.77. The van der Waals surface area contributed by atoms with Gasteiger partial charge in [0.1, 0.15) is 5.56 Å². The summed E-state index contributed by atoms with van der Waals surface area (Å²) in [6.45, 7) is 4.16. The summed E-state index contributed by atoms with van der Waals surface area (Å²) in [5.41, 5.74) is 1.92. The lowest BCUT2D eigenvalue weighted by molar-refractivity contribution is 0.0694. The summed E-state index contributed by atoms with van der Waals surface area (Å²) in [4.78, 5) is 23.6. The van der Waals surface area contributed by atoms with Crippen LogP contribution in [-0.2, 0) is 6.42 Å². The van der Waals surface area contributed by atoms with Crippen LogP contribution in [0.4, 0.5) is 0 Å². The van der Waals surface area contributed by atoms with Gasteiger partial charge < -0.3 is 19.1 Å². The van der Waals surface area contributed by atoms with Crippen molar-refractivity contribution in [3.05, 3.63) is 45.7 Å². The van der Waals surface area contributed by atoms with Gasteiger partial charge in [-0.15, -0.1) is 0 Å². The third-order valence-corrected chi connectivity index (χ3v) is 4.75. The van der Waals surface area contributed by atoms with E-state index in [0.717, 1.165) is 17.5 Å². The highest BCUT2D eigenvalue weighted by Gasteiger charge is 2.29. The monoisotopic (exact) mass is 343 g/mol. The van der Waals surface area contributed by atoms with Gasteiger partial charge in [-0.3, -0.25) is 4.79 Å². The summed E-state index contributed by atoms with van der Waals surface area (Å²) in [5, 5.41) is 9.29. The Kier molecular flexibility index (Phi) is 4.29. The van der Waals surface area contributed by atoms with Gasteiger partial charge in [0.2, 0.25) is 0 Å². The minimum atomic E-state index is -1.21. The summed E-state index contributed by atoms with van der Waals surface area (Å²) in [6.07, 6.45) is 2.19. The zero-order valence-corrected chi connectivity index (χ0v) is 14.7. The van der Waals surface area contributed by atoms with Crippen molar-refractivity contribution >= 4 is 5.97 Å². The van der Waals surface area contributed by atoms with Crippen molar-refractivity contribution < 1.29 is 19.4 Å². The Hall–Kier alpha value is -2.76. The molecule has 6 heteroatoms. The predicted molar refractivity (Wildman–Crippen MR) is 93.8 cm³/mol. The number of rotatable bonds is 4. The molecule has 0 aliphatic carbocycles. The van der Waals surface area contributed by atoms with Crippen molar-refractivity contribution in [3.8, 4) is 22.8 Å². The molecule has 1 aliphatic heterocycles. The van der Waals surface area contributed by atoms with Crippen molar-refractivity contribution in [1.82, 2.24) is 4.57 Å². The predicted octanol–water partition coefficient (Wildman–Crippen LogP) is 2.98. The number of carbonyl (C=O) groups is 1. The van der Waals surface area contributed by atoms with E-state index in [1.165, 1.54) is 12.3 Å². The van der Waals surface area contributed by atoms with Gasteiger partial charge in [0.15, 0.2) is 16.9 Å². The number of aromatic nitrogens is 1. The smallest absolute Gasteiger partial charge is 0.341 e. The Labute approximate surface area is 145 Å². The molecule has 3 rings (SSSR count). The van der Waals surface area contributed by atoms with E-state index in [1.807, 2.05) is 16.7 Å². The number of ether oxygens (including phenoxy) is 2. The van der Waals surface area contributed by atoms with E-state index in [4.69, 9.17) is 9.47 Å². The molecular weight excluding hydrogens is 322 g/mol. The van der Waals surface area contributed by atoms with Gasteiger partial charge in [0, 0.05) is 23.9 Å². The van der Waals surface area contributed by atoms with Crippen LogP contribution < -0.4 is 14.9 Å². The quantitative estimate of drug-likeness (QED) is 0.923. The number of carboxylic acids is 1. The molecule has 25 heavy (non-hydrogen) atoms. The molecule has 1 atom stereocenters. The minimum absolute atomic E-state index is 0.0549. The van der Waals surface area contributed by atoms with Crippen LogP contribution in [0.1, 0.15) is 35.8 Å². The first kappa shape index (κ1) is 17.1. The molecule has 0 saturated heterocycles. The number of methoxy groups -OCH3 is 2. The van der Waals surface area contributed by atoms with E-state index >= 15 is 0 Å². The summed E-state index contributed by atoms with van der Waals surface area (Å²) >= 11 is 0. The minimum Gasteiger partial charge on any atom is -0.493 e. The van der Waals surface area contributed by atoms with Gasteiger partial charge in [0.05, 0.1) is 19.9 Å². The number of fused-ring (bicyclic) bond motifs is 3. The first-order valence-electron chi connectivity index (χ1n) is 8.12. The van der Waals surface area contributed by atoms with E-state index in [9.17, 15) is 14.7 Å². The summed E-state index contributed by atoms with van der Waals surface area (Å²) < 4.78 is 12.7. The number of carboxylic acid groups (broad SMARTS) is 1. The molecule has 0 fully saturated rings. The van der Waals surface area contributed by atoms with Crippen molar-refractivity contribution in [2.75, 3.05) is 14.2 Å². The van der Waals surface area contributed by atoms with Crippen LogP contribution in [-0.4, -0.2) is 29.9 Å². The number of pyridine rings is 1. The second-order valence-corrected chi connectivity index (χ2v) is 6.53. The molecule has 1 aromatic carbocycles. The lowest BCUT2D eigenvalue weighted by atomic mass is 9.87. The second kappa shape index (κ2) is 6.27. The zero-order chi connectivity index (χ0) is 18.3. The maximum atomic E-state index is 12.2. The lowest BCUT2D eigenvalue weighted by Gasteiger charge is -2.33. The van der Waals surface area contributed by atoms with E-state index in [0.29, 0.717) is 17.2 Å². The molecule has 132 valence electrons. The molecule has 1 aliphatic rings. The van der Waals surface area contributed by atoms with Crippen molar-refractivity contribution in [2.45, 2.75) is 26.3 Å². The summed E-state index contributed by atoms with van der Waals surface area (Å²) in [6, 6.07) is 5.24. The van der Waals surface area contributed by atoms with Gasteiger partial charge in [-0.25, -0.2) is 4.79 Å². The van der Waals surface area contributed by atoms with Gasteiger partial charge >= 0.3 is 5.97 Å². The first-order chi connectivity index (χ1) is 11.9. The molecular formula is C19H21NO5. The number of hydrogen-bond acceptors (Lipinski definition) is 4. The van der Waals surface area contributed by atoms with Crippen LogP contribution >= 0.6 is 0 Å². The molecule has 0 spiro atoms. The summed E-state index contributed by atoms with van der Waals surface area (Å²) in [5.74, 6) is 0.275. The van der Waals surface area contributed by atoms with E-state index in [-0.39, 0.29) is 17.5 Å². The van der Waals surface area contributed by atoms with E-state index in [1.54, 1.807) is 14.2 Å². The zero-order valence-electron chi connectivity index (χ0n) is 14.7. The van der Waals surface area contributed by atoms with Gasteiger partial charge in [-0.1, -0.05) is 13.8 Å². The number of benzene rings is 1. The molecule has 0 bridgehead atoms. The summed E-state index contributed by atoms with van der Waals surface area (Å²) in [7, 11) is 3.15. The highest BCUT2D eigenvalue weighted by atomic mass is 16.5. The fourth-order valence-corrected chi connectivity index (χ4v) is 3.41. The normalized spacial score (nSPS) is 15.5. The molecule has 0 amide bonds. The largest absolute Gasteiger partial charge is 0.493 e. The first-order valence-corrected chi connectivity index (χ1v) is 8.12. The van der Waals surface area contributed by atoms with Crippen LogP contribution in [0.15, 0.2) is 29.2 Å². The second-order valence-electron chi connectivity index (χ2n) is 6.53. The number of hydrogen-bond donors (Lipinski definition) is 1. The van der Waals surface area contributed by atoms with Crippen molar-refractivity contribution in [1.29, 1.82) is 0 Å². The maximum absolute atomic E-state index is 12.2. The van der Waals surface area contributed by atoms with E-state index < -0.39 is 11.4 Å². The van der Waals surface area contributed by atoms with Crippen LogP contribution in [0.25, 0.3) is 11.3 Å². The molecule has 2 heterocycles. The molecule has 0 radical (unpaired) electrons. The number of aromatic carboxylic acids is 1. The molecule has 2 aromatic rings. The van der Waals surface area contributed by atoms with Crippen molar-refractivity contribution in [3.63, 3.8) is 0 Å². The Morgan fingerprint density at radius 2 is 1.84 bits per heavy atom. The topological polar surface area (TPSA) is 77.8 Å². The van der Waals surface area contributed by atoms with Crippen molar-refractivity contribution in [2.24, 2.45) is 5.92 Å². The SMILES string of the molecule is COc1cc2c(cc1OC)-c1cc(=O)c(C(=O)O)cn1C(C(C)C)C2. The highest BCUT2D eigenvalue weighted by molar-refractivity contribution is 5.87. The maximum Gasteiger partial charge on any atom is 0.341 e. The standard InChI is InChI=1S/C19H21NO5/c1-10(2)14-5-11-6-17(24-3)18(25-4)7-12(11)15-8-16(21)13(19(22)23)9-20(14)15/h6-10,14H,5H2,1-4H3,(H,22,23). The lowest BCUT2D eigenvalue weighted by Crippen LogP contribution is -2.28. The molecule has 0 saturated carbocycles. The van der Waals surface area contributed by atoms with Crippen LogP contribution in [0.5, 0.6) is 11.5 Å². The Bertz CT molecular complexity index is 897. The Balaban J connectivity index is 2.31. The average Bonchev–Trinajstić information content (AvgIpc) is 2.58. The molecule has 6 nitrogen and oxygen atoms in total. The van der Waals surface area contributed by atoms with Crippen LogP contribution in [0.2, 0.25) is 0 Å². The molecule has 1 N–H and O–H groups in total. The van der Waals surface area contributed by atoms with Gasteiger partial charge in [-0.05, 0) is 30.0 Å². The fraction of sp³-hybridized carbons (Fsp3) is 0.368. The Morgan fingerprint density at radius 1 is 1.20 bits per heavy atom. The van der Waals surface area contributed by atoms with Gasteiger partial charge in [-0.2, -0.15) is 0 Å². The van der Waals surface area contributed by atoms with Gasteiger partial charge in [0.25, 0.3) is 0 Å². The highest BCUT2D eigenvalue weighted by Crippen LogP contribution is 2.42. The van der Waals surface area contributed by atoms with E-state index in [2.05, 4.69) is 13.8 Å². The number of nitrogens with zero attached hydrogens (tertiary/aromatic N) is 1. The Morgan fingerprint density at radius 3 is 2.40 bits per heavy atom.